The summed E-state index contributed by atoms with van der Waals surface area (Å²) in [5.74, 6) is -1.79. The highest BCUT2D eigenvalue weighted by molar-refractivity contribution is 5.84. The third kappa shape index (κ3) is 8.29. The molecule has 1 N–H and O–H groups in total. The van der Waals surface area contributed by atoms with E-state index in [1.54, 1.807) is 26.0 Å². The van der Waals surface area contributed by atoms with Crippen LogP contribution in [-0.4, -0.2) is 49.0 Å². The number of hydrogen-bond acceptors (Lipinski definition) is 5. The smallest absolute Gasteiger partial charge is 0.308 e. The fraction of sp³-hybridized carbons (Fsp3) is 0.472. The van der Waals surface area contributed by atoms with Crippen molar-refractivity contribution < 1.29 is 23.1 Å². The maximum Gasteiger partial charge on any atom is 0.308 e. The van der Waals surface area contributed by atoms with Crippen molar-refractivity contribution in [3.63, 3.8) is 0 Å². The van der Waals surface area contributed by atoms with Crippen LogP contribution >= 0.6 is 0 Å². The first-order chi connectivity index (χ1) is 20.9. The SMILES string of the molecule is CCOC(=O)C[C@H](NC(=O)C(CC1CC1)c1cc(CCN(C)C)c(C)cn1)c1cc(-c2c(C)cc(F)cc2C)cc(C)c1F. The molecule has 1 aromatic heterocycles. The zero-order valence-electron chi connectivity index (χ0n) is 27.0. The van der Waals surface area contributed by atoms with Gasteiger partial charge in [-0.25, -0.2) is 8.78 Å². The molecule has 236 valence electrons. The largest absolute Gasteiger partial charge is 0.466 e. The number of nitrogens with one attached hydrogen (secondary N) is 1. The molecule has 44 heavy (non-hydrogen) atoms. The maximum atomic E-state index is 15.9. The van der Waals surface area contributed by atoms with Crippen molar-refractivity contribution in [2.45, 2.75) is 78.7 Å². The lowest BCUT2D eigenvalue weighted by Crippen LogP contribution is -2.35. The van der Waals surface area contributed by atoms with E-state index in [2.05, 4.69) is 15.2 Å². The topological polar surface area (TPSA) is 71.5 Å². The summed E-state index contributed by atoms with van der Waals surface area (Å²) in [4.78, 5) is 33.7. The van der Waals surface area contributed by atoms with Gasteiger partial charge in [-0.15, -0.1) is 0 Å². The summed E-state index contributed by atoms with van der Waals surface area (Å²) in [7, 11) is 4.05. The Labute approximate surface area is 260 Å². The monoisotopic (exact) mass is 605 g/mol. The Hall–Kier alpha value is -3.65. The number of likely N-dealkylation sites (N-methyl/N-ethyl adjacent to an activating group) is 1. The second-order valence-electron chi connectivity index (χ2n) is 12.5. The lowest BCUT2D eigenvalue weighted by Gasteiger charge is -2.25. The minimum absolute atomic E-state index is 0.169. The number of benzene rings is 2. The van der Waals surface area contributed by atoms with E-state index in [-0.39, 0.29) is 30.3 Å². The first-order valence-electron chi connectivity index (χ1n) is 15.5. The molecule has 1 aliphatic rings. The summed E-state index contributed by atoms with van der Waals surface area (Å²) in [6.07, 6.45) is 5.17. The molecule has 1 unspecified atom stereocenters. The van der Waals surface area contributed by atoms with Crippen LogP contribution in [0.3, 0.4) is 0 Å². The van der Waals surface area contributed by atoms with Gasteiger partial charge in [0.2, 0.25) is 5.91 Å². The van der Waals surface area contributed by atoms with Gasteiger partial charge in [-0.1, -0.05) is 12.8 Å². The molecule has 0 radical (unpaired) electrons. The van der Waals surface area contributed by atoms with Gasteiger partial charge in [0.05, 0.1) is 30.7 Å². The zero-order valence-corrected chi connectivity index (χ0v) is 27.0. The number of rotatable bonds is 13. The number of carbonyl (C=O) groups excluding carboxylic acids is 2. The highest BCUT2D eigenvalue weighted by Crippen LogP contribution is 2.39. The number of hydrogen-bond donors (Lipinski definition) is 1. The molecule has 1 amide bonds. The van der Waals surface area contributed by atoms with Crippen LogP contribution in [0.15, 0.2) is 36.5 Å². The number of ether oxygens (including phenoxy) is 1. The number of carbonyl (C=O) groups is 2. The Balaban J connectivity index is 1.74. The normalized spacial score (nSPS) is 14.4. The number of aryl methyl sites for hydroxylation is 4. The van der Waals surface area contributed by atoms with E-state index in [0.29, 0.717) is 40.3 Å². The minimum atomic E-state index is -0.971. The van der Waals surface area contributed by atoms with Crippen LogP contribution in [0, 0.1) is 45.2 Å². The van der Waals surface area contributed by atoms with Crippen molar-refractivity contribution >= 4 is 11.9 Å². The molecule has 0 bridgehead atoms. The average Bonchev–Trinajstić information content (AvgIpc) is 3.76. The van der Waals surface area contributed by atoms with Gasteiger partial charge in [0.1, 0.15) is 11.6 Å². The summed E-state index contributed by atoms with van der Waals surface area (Å²) in [5.41, 5.74) is 6.36. The van der Waals surface area contributed by atoms with Crippen molar-refractivity contribution in [3.05, 3.63) is 87.2 Å². The summed E-state index contributed by atoms with van der Waals surface area (Å²) < 4.78 is 35.3. The molecule has 6 nitrogen and oxygen atoms in total. The molecule has 2 atom stereocenters. The molecule has 1 aliphatic carbocycles. The maximum absolute atomic E-state index is 15.9. The van der Waals surface area contributed by atoms with Gasteiger partial charge in [0.25, 0.3) is 0 Å². The van der Waals surface area contributed by atoms with E-state index in [9.17, 15) is 14.0 Å². The van der Waals surface area contributed by atoms with E-state index in [0.717, 1.165) is 42.5 Å². The van der Waals surface area contributed by atoms with Crippen molar-refractivity contribution in [3.8, 4) is 11.1 Å². The number of nitrogens with zero attached hydrogens (tertiary/aromatic N) is 2. The molecular weight excluding hydrogens is 560 g/mol. The third-order valence-electron chi connectivity index (χ3n) is 8.44. The molecule has 0 saturated heterocycles. The molecule has 3 aromatic rings. The summed E-state index contributed by atoms with van der Waals surface area (Å²) >= 11 is 0. The first-order valence-corrected chi connectivity index (χ1v) is 15.5. The minimum Gasteiger partial charge on any atom is -0.466 e. The quantitative estimate of drug-likeness (QED) is 0.211. The molecule has 0 spiro atoms. The number of pyridine rings is 1. The van der Waals surface area contributed by atoms with Gasteiger partial charge in [-0.3, -0.25) is 14.6 Å². The number of aromatic nitrogens is 1. The van der Waals surface area contributed by atoms with Crippen LogP contribution in [0.4, 0.5) is 8.78 Å². The van der Waals surface area contributed by atoms with Crippen LogP contribution < -0.4 is 5.32 Å². The van der Waals surface area contributed by atoms with Gasteiger partial charge in [-0.2, -0.15) is 0 Å². The third-order valence-corrected chi connectivity index (χ3v) is 8.44. The van der Waals surface area contributed by atoms with E-state index in [4.69, 9.17) is 4.74 Å². The van der Waals surface area contributed by atoms with Crippen LogP contribution in [-0.2, 0) is 20.7 Å². The van der Waals surface area contributed by atoms with Crippen LogP contribution in [0.25, 0.3) is 11.1 Å². The fourth-order valence-corrected chi connectivity index (χ4v) is 5.90. The average molecular weight is 606 g/mol. The van der Waals surface area contributed by atoms with Crippen molar-refractivity contribution in [2.24, 2.45) is 5.92 Å². The lowest BCUT2D eigenvalue weighted by atomic mass is 9.89. The fourth-order valence-electron chi connectivity index (χ4n) is 5.90. The molecular formula is C36H45F2N3O3. The zero-order chi connectivity index (χ0) is 32.1. The molecule has 4 rings (SSSR count). The van der Waals surface area contributed by atoms with Crippen LogP contribution in [0.5, 0.6) is 0 Å². The Morgan fingerprint density at radius 2 is 1.68 bits per heavy atom. The van der Waals surface area contributed by atoms with Gasteiger partial charge in [0, 0.05) is 18.3 Å². The second kappa shape index (κ2) is 14.4. The van der Waals surface area contributed by atoms with Gasteiger partial charge in [-0.05, 0) is 137 Å². The standard InChI is InChI=1S/C36H45F2N3O3/c1-8-44-33(42)19-32(29-17-27(13-23(4)35(29)38)34-21(2)14-28(37)15-22(34)3)40-36(43)30(16-25-9-10-25)31-18-26(11-12-41(6)7)24(5)20-39-31/h13-15,17-18,20,25,30,32H,8-12,16,19H2,1-7H3,(H,40,43)/t30?,32-/m0/s1. The van der Waals surface area contributed by atoms with E-state index in [1.807, 2.05) is 47.1 Å². The first kappa shape index (κ1) is 33.2. The summed E-state index contributed by atoms with van der Waals surface area (Å²) in [6, 6.07) is 7.33. The molecule has 8 heteroatoms. The second-order valence-corrected chi connectivity index (χ2v) is 12.5. The summed E-state index contributed by atoms with van der Waals surface area (Å²) in [6.45, 7) is 10.0. The van der Waals surface area contributed by atoms with Crippen molar-refractivity contribution in [1.82, 2.24) is 15.2 Å². The number of amides is 1. The molecule has 1 heterocycles. The molecule has 1 fully saturated rings. The Bertz CT molecular complexity index is 1490. The number of halogens is 2. The predicted octanol–water partition coefficient (Wildman–Crippen LogP) is 7.06. The van der Waals surface area contributed by atoms with Crippen LogP contribution in [0.2, 0.25) is 0 Å². The highest BCUT2D eigenvalue weighted by atomic mass is 19.1. The Morgan fingerprint density at radius 1 is 1.00 bits per heavy atom. The molecule has 0 aliphatic heterocycles. The molecule has 1 saturated carbocycles. The van der Waals surface area contributed by atoms with Gasteiger partial charge in [0.15, 0.2) is 0 Å². The highest BCUT2D eigenvalue weighted by Gasteiger charge is 2.34. The predicted molar refractivity (Wildman–Crippen MR) is 169 cm³/mol. The van der Waals surface area contributed by atoms with Gasteiger partial charge < -0.3 is 15.0 Å². The van der Waals surface area contributed by atoms with Crippen molar-refractivity contribution in [1.29, 1.82) is 0 Å². The Kier molecular flexibility index (Phi) is 10.9. The van der Waals surface area contributed by atoms with Crippen molar-refractivity contribution in [2.75, 3.05) is 27.2 Å². The number of esters is 1. The van der Waals surface area contributed by atoms with E-state index in [1.165, 1.54) is 12.1 Å². The van der Waals surface area contributed by atoms with Crippen LogP contribution in [0.1, 0.15) is 83.6 Å². The van der Waals surface area contributed by atoms with E-state index >= 15 is 4.39 Å². The Morgan fingerprint density at radius 3 is 2.30 bits per heavy atom. The van der Waals surface area contributed by atoms with Gasteiger partial charge >= 0.3 is 5.97 Å². The summed E-state index contributed by atoms with van der Waals surface area (Å²) in [5, 5.41) is 3.04. The van der Waals surface area contributed by atoms with E-state index < -0.39 is 23.7 Å². The lowest BCUT2D eigenvalue weighted by molar-refractivity contribution is -0.143. The molecule has 2 aromatic carbocycles.